The van der Waals surface area contributed by atoms with Crippen molar-refractivity contribution in [1.82, 2.24) is 14.4 Å². The van der Waals surface area contributed by atoms with Crippen LogP contribution < -0.4 is 0 Å². The van der Waals surface area contributed by atoms with E-state index in [-0.39, 0.29) is 6.04 Å². The minimum atomic E-state index is 0.272. The Morgan fingerprint density at radius 2 is 1.18 bits per heavy atom. The Hall–Kier alpha value is -3.34. The fraction of sp³-hybridized carbons (Fsp3) is 0.200. The summed E-state index contributed by atoms with van der Waals surface area (Å²) in [6.07, 6.45) is 0. The minimum absolute atomic E-state index is 0.272. The number of benzene rings is 4. The van der Waals surface area contributed by atoms with E-state index in [0.29, 0.717) is 0 Å². The molecule has 0 unspecified atom stereocenters. The maximum atomic E-state index is 6.22. The average molecular weight is 567 g/mol. The molecule has 1 aliphatic rings. The number of nitrogens with zero attached hydrogens (tertiary/aromatic N) is 3. The van der Waals surface area contributed by atoms with Crippen LogP contribution in [0.15, 0.2) is 115 Å². The number of hydrogen-bond acceptors (Lipinski definition) is 2. The molecule has 1 aliphatic heterocycles. The van der Waals surface area contributed by atoms with Crippen molar-refractivity contribution < 1.29 is 0 Å². The molecule has 5 aromatic rings. The zero-order valence-electron chi connectivity index (χ0n) is 22.7. The number of rotatable bonds is 7. The van der Waals surface area contributed by atoms with Gasteiger partial charge < -0.3 is 4.57 Å². The Morgan fingerprint density at radius 1 is 0.650 bits per heavy atom. The van der Waals surface area contributed by atoms with Gasteiger partial charge >= 0.3 is 0 Å². The molecule has 0 bridgehead atoms. The zero-order chi connectivity index (χ0) is 27.5. The van der Waals surface area contributed by atoms with Crippen LogP contribution in [0.1, 0.15) is 28.4 Å². The van der Waals surface area contributed by atoms with Gasteiger partial charge in [0, 0.05) is 54.2 Å². The smallest absolute Gasteiger partial charge is 0.0602 e. The molecule has 3 nitrogen and oxygen atoms in total. The Kier molecular flexibility index (Phi) is 8.08. The van der Waals surface area contributed by atoms with Gasteiger partial charge in [-0.3, -0.25) is 9.80 Å². The van der Waals surface area contributed by atoms with Gasteiger partial charge in [-0.15, -0.1) is 0 Å². The molecule has 40 heavy (non-hydrogen) atoms. The number of aromatic nitrogens is 1. The lowest BCUT2D eigenvalue weighted by Crippen LogP contribution is -2.47. The molecule has 1 saturated heterocycles. The molecule has 0 atom stereocenters. The summed E-state index contributed by atoms with van der Waals surface area (Å²) < 4.78 is 2.34. The Bertz CT molecular complexity index is 1500. The van der Waals surface area contributed by atoms with E-state index in [0.717, 1.165) is 54.0 Å². The minimum Gasteiger partial charge on any atom is -0.314 e. The van der Waals surface area contributed by atoms with Gasteiger partial charge in [-0.25, -0.2) is 0 Å². The quantitative estimate of drug-likeness (QED) is 0.195. The third-order valence-corrected chi connectivity index (χ3v) is 8.48. The van der Waals surface area contributed by atoms with Crippen LogP contribution in [0.3, 0.4) is 0 Å². The molecule has 1 fully saturated rings. The molecule has 0 amide bonds. The first kappa shape index (κ1) is 26.9. The molecule has 1 aromatic heterocycles. The van der Waals surface area contributed by atoms with E-state index in [9.17, 15) is 0 Å². The van der Waals surface area contributed by atoms with E-state index in [4.69, 9.17) is 23.2 Å². The second-order valence-corrected chi connectivity index (χ2v) is 11.4. The monoisotopic (exact) mass is 565 g/mol. The van der Waals surface area contributed by atoms with Crippen molar-refractivity contribution in [3.05, 3.63) is 148 Å². The third kappa shape index (κ3) is 5.75. The highest BCUT2D eigenvalue weighted by molar-refractivity contribution is 6.30. The lowest BCUT2D eigenvalue weighted by molar-refractivity contribution is 0.105. The summed E-state index contributed by atoms with van der Waals surface area (Å²) in [5.41, 5.74) is 8.72. The van der Waals surface area contributed by atoms with Crippen LogP contribution in [0.25, 0.3) is 16.9 Å². The van der Waals surface area contributed by atoms with E-state index in [2.05, 4.69) is 112 Å². The van der Waals surface area contributed by atoms with Crippen molar-refractivity contribution in [3.63, 3.8) is 0 Å². The maximum Gasteiger partial charge on any atom is 0.0602 e. The predicted octanol–water partition coefficient (Wildman–Crippen LogP) is 8.67. The van der Waals surface area contributed by atoms with E-state index in [1.165, 1.54) is 28.1 Å². The van der Waals surface area contributed by atoms with E-state index in [1.807, 2.05) is 24.3 Å². The standard InChI is InChI=1S/C35H33Cl2N3/c1-26-30(24-34(27-12-14-31(36)15-13-27)40(26)33-18-16-32(37)17-19-33)25-38-20-22-39(23-21-38)35(28-8-4-2-5-9-28)29-10-6-3-7-11-29/h2-19,24,35H,20-23,25H2,1H3. The Morgan fingerprint density at radius 3 is 1.73 bits per heavy atom. The molecule has 4 aromatic carbocycles. The van der Waals surface area contributed by atoms with Gasteiger partial charge in [0.2, 0.25) is 0 Å². The average Bonchev–Trinajstić information content (AvgIpc) is 3.31. The second kappa shape index (κ2) is 12.0. The van der Waals surface area contributed by atoms with Crippen molar-refractivity contribution in [2.75, 3.05) is 26.2 Å². The largest absolute Gasteiger partial charge is 0.314 e. The summed E-state index contributed by atoms with van der Waals surface area (Å²) in [5.74, 6) is 0. The van der Waals surface area contributed by atoms with E-state index >= 15 is 0 Å². The summed E-state index contributed by atoms with van der Waals surface area (Å²) in [5, 5.41) is 1.48. The van der Waals surface area contributed by atoms with Crippen LogP contribution in [0.4, 0.5) is 0 Å². The number of piperazine rings is 1. The molecule has 5 heteroatoms. The van der Waals surface area contributed by atoms with Crippen molar-refractivity contribution >= 4 is 23.2 Å². The highest BCUT2D eigenvalue weighted by Gasteiger charge is 2.27. The molecular weight excluding hydrogens is 533 g/mol. The van der Waals surface area contributed by atoms with Crippen LogP contribution in [-0.4, -0.2) is 40.5 Å². The fourth-order valence-corrected chi connectivity index (χ4v) is 6.13. The molecule has 6 rings (SSSR count). The highest BCUT2D eigenvalue weighted by Crippen LogP contribution is 2.33. The SMILES string of the molecule is Cc1c(CN2CCN(C(c3ccccc3)c3ccccc3)CC2)cc(-c2ccc(Cl)cc2)n1-c1ccc(Cl)cc1. The molecule has 0 saturated carbocycles. The van der Waals surface area contributed by atoms with E-state index < -0.39 is 0 Å². The first-order valence-corrected chi connectivity index (χ1v) is 14.6. The van der Waals surface area contributed by atoms with Gasteiger partial charge in [-0.1, -0.05) is 96.0 Å². The lowest BCUT2D eigenvalue weighted by Gasteiger charge is -2.39. The molecular formula is C35H33Cl2N3. The van der Waals surface area contributed by atoms with Gasteiger partial charge in [0.05, 0.1) is 11.7 Å². The summed E-state index contributed by atoms with van der Waals surface area (Å²) in [6, 6.07) is 40.6. The van der Waals surface area contributed by atoms with Crippen LogP contribution in [-0.2, 0) is 6.54 Å². The first-order valence-electron chi connectivity index (χ1n) is 13.9. The molecule has 0 radical (unpaired) electrons. The van der Waals surface area contributed by atoms with Crippen molar-refractivity contribution in [1.29, 1.82) is 0 Å². The summed E-state index contributed by atoms with van der Waals surface area (Å²) in [4.78, 5) is 5.22. The van der Waals surface area contributed by atoms with Gasteiger partial charge in [0.1, 0.15) is 0 Å². The highest BCUT2D eigenvalue weighted by atomic mass is 35.5. The first-order chi connectivity index (χ1) is 19.6. The second-order valence-electron chi connectivity index (χ2n) is 10.5. The van der Waals surface area contributed by atoms with Crippen LogP contribution in [0.2, 0.25) is 10.0 Å². The molecule has 202 valence electrons. The summed E-state index contributed by atoms with van der Waals surface area (Å²) in [6.45, 7) is 7.24. The number of halogens is 2. The fourth-order valence-electron chi connectivity index (χ4n) is 5.88. The van der Waals surface area contributed by atoms with Gasteiger partial charge in [-0.2, -0.15) is 0 Å². The molecule has 0 spiro atoms. The topological polar surface area (TPSA) is 11.4 Å². The summed E-state index contributed by atoms with van der Waals surface area (Å²) >= 11 is 12.4. The summed E-state index contributed by atoms with van der Waals surface area (Å²) in [7, 11) is 0. The molecule has 2 heterocycles. The Balaban J connectivity index is 1.24. The maximum absolute atomic E-state index is 6.22. The third-order valence-electron chi connectivity index (χ3n) is 7.97. The van der Waals surface area contributed by atoms with Crippen molar-refractivity contribution in [3.8, 4) is 16.9 Å². The zero-order valence-corrected chi connectivity index (χ0v) is 24.2. The van der Waals surface area contributed by atoms with Gasteiger partial charge in [0.15, 0.2) is 0 Å². The Labute approximate surface area is 247 Å². The van der Waals surface area contributed by atoms with E-state index in [1.54, 1.807) is 0 Å². The van der Waals surface area contributed by atoms with Gasteiger partial charge in [0.25, 0.3) is 0 Å². The normalized spacial score (nSPS) is 14.6. The van der Waals surface area contributed by atoms with Gasteiger partial charge in [-0.05, 0) is 71.6 Å². The van der Waals surface area contributed by atoms with Crippen LogP contribution >= 0.6 is 23.2 Å². The number of hydrogen-bond donors (Lipinski definition) is 0. The van der Waals surface area contributed by atoms with Crippen LogP contribution in [0.5, 0.6) is 0 Å². The van der Waals surface area contributed by atoms with Crippen molar-refractivity contribution in [2.24, 2.45) is 0 Å². The van der Waals surface area contributed by atoms with Crippen LogP contribution in [0, 0.1) is 6.92 Å². The predicted molar refractivity (Wildman–Crippen MR) is 168 cm³/mol. The molecule has 0 N–H and O–H groups in total. The lowest BCUT2D eigenvalue weighted by atomic mass is 9.96. The van der Waals surface area contributed by atoms with Crippen molar-refractivity contribution in [2.45, 2.75) is 19.5 Å². The molecule has 0 aliphatic carbocycles.